The van der Waals surface area contributed by atoms with E-state index in [1.54, 1.807) is 7.11 Å². The average Bonchev–Trinajstić information content (AvgIpc) is 3.59. The smallest absolute Gasteiger partial charge is 0.192 e. The number of ketones is 1. The van der Waals surface area contributed by atoms with E-state index in [-0.39, 0.29) is 11.9 Å². The molecular weight excluding hydrogens is 422 g/mol. The summed E-state index contributed by atoms with van der Waals surface area (Å²) < 4.78 is 13.2. The topological polar surface area (TPSA) is 66.2 Å². The van der Waals surface area contributed by atoms with Crippen molar-refractivity contribution in [3.63, 3.8) is 0 Å². The van der Waals surface area contributed by atoms with Gasteiger partial charge >= 0.3 is 0 Å². The molecule has 0 spiro atoms. The molecule has 3 aromatic rings. The minimum absolute atomic E-state index is 0.127. The molecule has 0 bridgehead atoms. The molecule has 7 heteroatoms. The molecule has 1 atom stereocenters. The molecule has 0 amide bonds. The van der Waals surface area contributed by atoms with Crippen LogP contribution in [0, 0.1) is 0 Å². The first-order chi connectivity index (χ1) is 15.7. The normalized spacial score (nSPS) is 17.5. The van der Waals surface area contributed by atoms with Gasteiger partial charge in [-0.1, -0.05) is 23.9 Å². The van der Waals surface area contributed by atoms with Crippen molar-refractivity contribution in [1.82, 2.24) is 14.8 Å². The number of Topliss-reactive ketones (excluding diaryl/α,β-unsaturated/α-hetero) is 1. The highest BCUT2D eigenvalue weighted by molar-refractivity contribution is 7.99. The zero-order chi connectivity index (χ0) is 21.9. The van der Waals surface area contributed by atoms with Crippen molar-refractivity contribution in [1.29, 1.82) is 0 Å². The molecule has 1 aliphatic carbocycles. The monoisotopic (exact) mass is 449 g/mol. The molecule has 2 aliphatic rings. The Bertz CT molecular complexity index is 1100. The van der Waals surface area contributed by atoms with E-state index >= 15 is 0 Å². The van der Waals surface area contributed by atoms with Crippen molar-refractivity contribution in [2.45, 2.75) is 49.9 Å². The van der Waals surface area contributed by atoms with Crippen molar-refractivity contribution < 1.29 is 14.3 Å². The van der Waals surface area contributed by atoms with Gasteiger partial charge in [0.15, 0.2) is 16.8 Å². The van der Waals surface area contributed by atoms with E-state index in [2.05, 4.69) is 26.9 Å². The number of ether oxygens (including phenoxy) is 2. The molecular formula is C25H27N3O3S. The molecule has 1 aromatic heterocycles. The first kappa shape index (κ1) is 21.2. The van der Waals surface area contributed by atoms with Gasteiger partial charge in [0.2, 0.25) is 0 Å². The van der Waals surface area contributed by atoms with Gasteiger partial charge in [0.05, 0.1) is 25.5 Å². The van der Waals surface area contributed by atoms with Crippen molar-refractivity contribution in [3.8, 4) is 17.1 Å². The summed E-state index contributed by atoms with van der Waals surface area (Å²) in [5.74, 6) is 2.05. The minimum atomic E-state index is 0.127. The van der Waals surface area contributed by atoms with E-state index in [0.717, 1.165) is 60.1 Å². The van der Waals surface area contributed by atoms with Gasteiger partial charge in [0.1, 0.15) is 5.75 Å². The summed E-state index contributed by atoms with van der Waals surface area (Å²) in [4.78, 5) is 12.9. The summed E-state index contributed by atoms with van der Waals surface area (Å²) in [5.41, 5.74) is 4.46. The number of aryl methyl sites for hydroxylation is 2. The highest BCUT2D eigenvalue weighted by Crippen LogP contribution is 2.29. The Morgan fingerprint density at radius 2 is 1.97 bits per heavy atom. The third-order valence-electron chi connectivity index (χ3n) is 6.23. The van der Waals surface area contributed by atoms with Gasteiger partial charge in [-0.3, -0.25) is 9.36 Å². The van der Waals surface area contributed by atoms with Gasteiger partial charge in [-0.2, -0.15) is 0 Å². The molecule has 5 rings (SSSR count). The number of aromatic nitrogens is 3. The van der Waals surface area contributed by atoms with E-state index < -0.39 is 0 Å². The number of benzene rings is 2. The second kappa shape index (κ2) is 9.46. The predicted molar refractivity (Wildman–Crippen MR) is 125 cm³/mol. The zero-order valence-corrected chi connectivity index (χ0v) is 19.1. The molecule has 1 fully saturated rings. The fraction of sp³-hybridized carbons (Fsp3) is 0.400. The van der Waals surface area contributed by atoms with E-state index in [1.165, 1.54) is 29.3 Å². The standard InChI is InChI=1S/C25H27N3O3S/c1-30-21-11-9-18(10-12-21)24-26-27-25(28(24)15-22-6-3-13-31-22)32-16-23(29)20-8-7-17-4-2-5-19(17)14-20/h7-12,14,22H,2-6,13,15-16H2,1H3/t22-/m1/s1. The largest absolute Gasteiger partial charge is 0.497 e. The maximum absolute atomic E-state index is 12.9. The summed E-state index contributed by atoms with van der Waals surface area (Å²) >= 11 is 1.45. The van der Waals surface area contributed by atoms with Crippen LogP contribution in [-0.2, 0) is 24.1 Å². The van der Waals surface area contributed by atoms with E-state index in [1.807, 2.05) is 30.3 Å². The van der Waals surface area contributed by atoms with E-state index in [0.29, 0.717) is 12.3 Å². The lowest BCUT2D eigenvalue weighted by molar-refractivity contribution is 0.0953. The van der Waals surface area contributed by atoms with Crippen molar-refractivity contribution in [3.05, 3.63) is 59.2 Å². The number of carbonyl (C=O) groups is 1. The van der Waals surface area contributed by atoms with Crippen LogP contribution in [0.1, 0.15) is 40.7 Å². The molecule has 0 saturated carbocycles. The Morgan fingerprint density at radius 3 is 2.75 bits per heavy atom. The highest BCUT2D eigenvalue weighted by Gasteiger charge is 2.23. The Morgan fingerprint density at radius 1 is 1.12 bits per heavy atom. The Kier molecular flexibility index (Phi) is 6.28. The van der Waals surface area contributed by atoms with Crippen LogP contribution >= 0.6 is 11.8 Å². The number of fused-ring (bicyclic) bond motifs is 1. The first-order valence-corrected chi connectivity index (χ1v) is 12.2. The Balaban J connectivity index is 1.36. The van der Waals surface area contributed by atoms with E-state index in [9.17, 15) is 4.79 Å². The number of carbonyl (C=O) groups excluding carboxylic acids is 1. The van der Waals surface area contributed by atoms with Crippen LogP contribution in [0.15, 0.2) is 47.6 Å². The first-order valence-electron chi connectivity index (χ1n) is 11.2. The third-order valence-corrected chi connectivity index (χ3v) is 7.19. The fourth-order valence-electron chi connectivity index (χ4n) is 4.46. The number of nitrogens with zero attached hydrogens (tertiary/aromatic N) is 3. The number of hydrogen-bond acceptors (Lipinski definition) is 6. The molecule has 1 saturated heterocycles. The second-order valence-corrected chi connectivity index (χ2v) is 9.27. The van der Waals surface area contributed by atoms with Gasteiger partial charge in [-0.25, -0.2) is 0 Å². The van der Waals surface area contributed by atoms with Gasteiger partial charge in [-0.15, -0.1) is 10.2 Å². The summed E-state index contributed by atoms with van der Waals surface area (Å²) in [6, 6.07) is 14.0. The molecule has 0 unspecified atom stereocenters. The SMILES string of the molecule is COc1ccc(-c2nnc(SCC(=O)c3ccc4c(c3)CCC4)n2C[C@H]2CCCO2)cc1. The number of rotatable bonds is 8. The van der Waals surface area contributed by atoms with Crippen LogP contribution in [0.3, 0.4) is 0 Å². The summed E-state index contributed by atoms with van der Waals surface area (Å²) in [6.45, 7) is 1.48. The van der Waals surface area contributed by atoms with Crippen molar-refractivity contribution >= 4 is 17.5 Å². The lowest BCUT2D eigenvalue weighted by Crippen LogP contribution is -2.17. The number of methoxy groups -OCH3 is 1. The molecule has 6 nitrogen and oxygen atoms in total. The zero-order valence-electron chi connectivity index (χ0n) is 18.3. The lowest BCUT2D eigenvalue weighted by atomic mass is 10.0. The molecule has 0 radical (unpaired) electrons. The fourth-order valence-corrected chi connectivity index (χ4v) is 5.31. The van der Waals surface area contributed by atoms with Gasteiger partial charge < -0.3 is 9.47 Å². The quantitative estimate of drug-likeness (QED) is 0.370. The molecule has 166 valence electrons. The van der Waals surface area contributed by atoms with Crippen LogP contribution in [0.5, 0.6) is 5.75 Å². The van der Waals surface area contributed by atoms with Crippen LogP contribution < -0.4 is 4.74 Å². The second-order valence-electron chi connectivity index (χ2n) is 8.33. The van der Waals surface area contributed by atoms with Gasteiger partial charge in [-0.05, 0) is 73.6 Å². The van der Waals surface area contributed by atoms with Crippen molar-refractivity contribution in [2.75, 3.05) is 19.5 Å². The summed E-state index contributed by atoms with van der Waals surface area (Å²) in [7, 11) is 1.65. The summed E-state index contributed by atoms with van der Waals surface area (Å²) in [5, 5.41) is 9.65. The van der Waals surface area contributed by atoms with Crippen LogP contribution in [0.25, 0.3) is 11.4 Å². The lowest BCUT2D eigenvalue weighted by Gasteiger charge is -2.15. The predicted octanol–water partition coefficient (Wildman–Crippen LogP) is 4.60. The molecule has 2 heterocycles. The summed E-state index contributed by atoms with van der Waals surface area (Å²) in [6.07, 6.45) is 5.63. The van der Waals surface area contributed by atoms with Crippen LogP contribution in [0.2, 0.25) is 0 Å². The Labute approximate surface area is 192 Å². The highest BCUT2D eigenvalue weighted by atomic mass is 32.2. The third kappa shape index (κ3) is 4.45. The van der Waals surface area contributed by atoms with Crippen molar-refractivity contribution in [2.24, 2.45) is 0 Å². The average molecular weight is 450 g/mol. The van der Waals surface area contributed by atoms with Gasteiger partial charge in [0.25, 0.3) is 0 Å². The van der Waals surface area contributed by atoms with Gasteiger partial charge in [0, 0.05) is 17.7 Å². The maximum atomic E-state index is 12.9. The number of thioether (sulfide) groups is 1. The van der Waals surface area contributed by atoms with Crippen LogP contribution in [-0.4, -0.2) is 46.1 Å². The maximum Gasteiger partial charge on any atom is 0.192 e. The minimum Gasteiger partial charge on any atom is -0.497 e. The van der Waals surface area contributed by atoms with Crippen LogP contribution in [0.4, 0.5) is 0 Å². The number of hydrogen-bond donors (Lipinski definition) is 0. The molecule has 2 aromatic carbocycles. The molecule has 32 heavy (non-hydrogen) atoms. The molecule has 0 N–H and O–H groups in total. The molecule has 1 aliphatic heterocycles. The Hall–Kier alpha value is -2.64. The van der Waals surface area contributed by atoms with E-state index in [4.69, 9.17) is 9.47 Å².